The molecule has 0 radical (unpaired) electrons. The molecule has 1 N–H and O–H groups in total. The summed E-state index contributed by atoms with van der Waals surface area (Å²) in [4.78, 5) is 24.8. The molecule has 0 unspecified atom stereocenters. The molecule has 0 aromatic carbocycles. The molecule has 6 nitrogen and oxygen atoms in total. The number of aromatic amines is 1. The van der Waals surface area contributed by atoms with Gasteiger partial charge in [0.15, 0.2) is 0 Å². The van der Waals surface area contributed by atoms with Gasteiger partial charge in [-0.1, -0.05) is 16.1 Å². The van der Waals surface area contributed by atoms with E-state index in [0.29, 0.717) is 15.6 Å². The summed E-state index contributed by atoms with van der Waals surface area (Å²) in [5.74, 6) is 0. The quantitative estimate of drug-likeness (QED) is 0.845. The molecule has 0 spiro atoms. The van der Waals surface area contributed by atoms with E-state index >= 15 is 0 Å². The van der Waals surface area contributed by atoms with Crippen LogP contribution >= 0.6 is 23.1 Å². The highest BCUT2D eigenvalue weighted by molar-refractivity contribution is 7.10. The Morgan fingerprint density at radius 1 is 1.56 bits per heavy atom. The third-order valence-corrected chi connectivity index (χ3v) is 3.00. The minimum absolute atomic E-state index is 0.200. The first kappa shape index (κ1) is 11.0. The van der Waals surface area contributed by atoms with Crippen molar-refractivity contribution in [1.29, 1.82) is 0 Å². The maximum absolute atomic E-state index is 11.4. The van der Waals surface area contributed by atoms with Crippen molar-refractivity contribution in [2.75, 3.05) is 0 Å². The number of nitrogens with one attached hydrogen (secondary N) is 1. The Balaban J connectivity index is 2.43. The van der Waals surface area contributed by atoms with Crippen molar-refractivity contribution < 1.29 is 0 Å². The maximum atomic E-state index is 11.4. The summed E-state index contributed by atoms with van der Waals surface area (Å²) in [6.45, 7) is 1.82. The van der Waals surface area contributed by atoms with Gasteiger partial charge in [-0.25, -0.2) is 4.79 Å². The van der Waals surface area contributed by atoms with Crippen LogP contribution in [-0.2, 0) is 6.54 Å². The number of rotatable bonds is 2. The van der Waals surface area contributed by atoms with Crippen LogP contribution in [-0.4, -0.2) is 19.1 Å². The van der Waals surface area contributed by atoms with Crippen LogP contribution < -0.4 is 11.2 Å². The molecule has 2 aromatic heterocycles. The summed E-state index contributed by atoms with van der Waals surface area (Å²) in [5, 5.41) is 3.79. The van der Waals surface area contributed by atoms with E-state index in [0.717, 1.165) is 11.5 Å². The molecule has 2 rings (SSSR count). The Kier molecular flexibility index (Phi) is 2.88. The lowest BCUT2D eigenvalue weighted by Crippen LogP contribution is -2.31. The Bertz CT molecular complexity index is 629. The van der Waals surface area contributed by atoms with Gasteiger partial charge in [0.1, 0.15) is 10.0 Å². The van der Waals surface area contributed by atoms with Gasteiger partial charge in [-0.15, -0.1) is 5.10 Å². The van der Waals surface area contributed by atoms with E-state index in [1.807, 2.05) is 0 Å². The zero-order valence-electron chi connectivity index (χ0n) is 8.23. The van der Waals surface area contributed by atoms with Gasteiger partial charge in [-0.3, -0.25) is 14.3 Å². The van der Waals surface area contributed by atoms with Crippen LogP contribution in [0.4, 0.5) is 0 Å². The second-order valence-corrected chi connectivity index (χ2v) is 4.55. The highest BCUT2D eigenvalue weighted by atomic mass is 35.5. The first-order valence-corrected chi connectivity index (χ1v) is 5.50. The molecular weight excluding hydrogens is 252 g/mol. The third-order valence-electron chi connectivity index (χ3n) is 2.02. The Hall–Kier alpha value is -1.47. The van der Waals surface area contributed by atoms with E-state index in [1.165, 1.54) is 10.8 Å². The number of aryl methyl sites for hydroxylation is 1. The third kappa shape index (κ3) is 2.05. The second kappa shape index (κ2) is 4.18. The summed E-state index contributed by atoms with van der Waals surface area (Å²) < 4.78 is 5.43. The highest BCUT2D eigenvalue weighted by Crippen LogP contribution is 2.17. The van der Waals surface area contributed by atoms with Gasteiger partial charge < -0.3 is 0 Å². The van der Waals surface area contributed by atoms with E-state index in [4.69, 9.17) is 11.6 Å². The fraction of sp³-hybridized carbons (Fsp3) is 0.250. The normalized spacial score (nSPS) is 10.6. The largest absolute Gasteiger partial charge is 0.328 e. The van der Waals surface area contributed by atoms with E-state index in [2.05, 4.69) is 14.6 Å². The van der Waals surface area contributed by atoms with Crippen LogP contribution in [0, 0.1) is 6.92 Å². The Morgan fingerprint density at radius 3 is 2.94 bits per heavy atom. The van der Waals surface area contributed by atoms with Crippen molar-refractivity contribution in [2.45, 2.75) is 13.5 Å². The molecule has 0 aliphatic rings. The number of hydrogen-bond donors (Lipinski definition) is 1. The fourth-order valence-electron chi connectivity index (χ4n) is 1.19. The number of hydrogen-bond acceptors (Lipinski definition) is 5. The summed E-state index contributed by atoms with van der Waals surface area (Å²) in [5.41, 5.74) is 0.0996. The molecule has 0 aliphatic heterocycles. The van der Waals surface area contributed by atoms with Crippen LogP contribution in [0.3, 0.4) is 0 Å². The van der Waals surface area contributed by atoms with Crippen molar-refractivity contribution in [1.82, 2.24) is 19.1 Å². The van der Waals surface area contributed by atoms with Gasteiger partial charge >= 0.3 is 5.69 Å². The summed E-state index contributed by atoms with van der Waals surface area (Å²) >= 11 is 6.87. The molecule has 16 heavy (non-hydrogen) atoms. The van der Waals surface area contributed by atoms with Crippen molar-refractivity contribution in [3.05, 3.63) is 42.6 Å². The fourth-order valence-corrected chi connectivity index (χ4v) is 1.80. The van der Waals surface area contributed by atoms with Gasteiger partial charge in [0.05, 0.1) is 6.54 Å². The number of H-pyrrole nitrogens is 1. The second-order valence-electron chi connectivity index (χ2n) is 3.19. The molecule has 0 fully saturated rings. The summed E-state index contributed by atoms with van der Waals surface area (Å²) in [7, 11) is 0. The molecule has 8 heteroatoms. The minimum atomic E-state index is -0.486. The molecule has 0 aliphatic carbocycles. The topological polar surface area (TPSA) is 80.6 Å². The lowest BCUT2D eigenvalue weighted by atomic mass is 10.4. The van der Waals surface area contributed by atoms with E-state index in [1.54, 1.807) is 6.92 Å². The SMILES string of the molecule is Cc1cn(Cc2nnsc2Cl)c(=O)[nH]c1=O. The minimum Gasteiger partial charge on any atom is -0.294 e. The molecule has 2 aromatic rings. The first-order chi connectivity index (χ1) is 7.58. The monoisotopic (exact) mass is 258 g/mol. The van der Waals surface area contributed by atoms with Crippen molar-refractivity contribution in [3.8, 4) is 0 Å². The average molecular weight is 259 g/mol. The highest BCUT2D eigenvalue weighted by Gasteiger charge is 2.08. The molecule has 0 atom stereocenters. The van der Waals surface area contributed by atoms with E-state index < -0.39 is 5.69 Å². The van der Waals surface area contributed by atoms with Gasteiger partial charge in [-0.2, -0.15) is 0 Å². The molecule has 2 heterocycles. The molecular formula is C8H7ClN4O2S. The zero-order chi connectivity index (χ0) is 11.7. The van der Waals surface area contributed by atoms with Gasteiger partial charge in [0.2, 0.25) is 0 Å². The number of aromatic nitrogens is 4. The van der Waals surface area contributed by atoms with Gasteiger partial charge in [-0.05, 0) is 6.92 Å². The summed E-state index contributed by atoms with van der Waals surface area (Å²) in [6.07, 6.45) is 1.47. The van der Waals surface area contributed by atoms with E-state index in [9.17, 15) is 9.59 Å². The van der Waals surface area contributed by atoms with Gasteiger partial charge in [0, 0.05) is 23.3 Å². The van der Waals surface area contributed by atoms with E-state index in [-0.39, 0.29) is 12.1 Å². The maximum Gasteiger partial charge on any atom is 0.328 e. The lowest BCUT2D eigenvalue weighted by molar-refractivity contribution is 0.696. The van der Waals surface area contributed by atoms with Crippen LogP contribution in [0.15, 0.2) is 15.8 Å². The van der Waals surface area contributed by atoms with Crippen LogP contribution in [0.25, 0.3) is 0 Å². The molecule has 0 saturated carbocycles. The van der Waals surface area contributed by atoms with Crippen molar-refractivity contribution in [2.24, 2.45) is 0 Å². The van der Waals surface area contributed by atoms with Crippen molar-refractivity contribution in [3.63, 3.8) is 0 Å². The predicted octanol–water partition coefficient (Wildman–Crippen LogP) is 0.398. The van der Waals surface area contributed by atoms with Crippen molar-refractivity contribution >= 4 is 23.1 Å². The van der Waals surface area contributed by atoms with Gasteiger partial charge in [0.25, 0.3) is 5.56 Å². The zero-order valence-corrected chi connectivity index (χ0v) is 9.80. The first-order valence-electron chi connectivity index (χ1n) is 4.35. The van der Waals surface area contributed by atoms with Crippen LogP contribution in [0.5, 0.6) is 0 Å². The lowest BCUT2D eigenvalue weighted by Gasteiger charge is -2.03. The van der Waals surface area contributed by atoms with Crippen LogP contribution in [0.2, 0.25) is 4.34 Å². The molecule has 0 bridgehead atoms. The molecule has 84 valence electrons. The number of nitrogens with zero attached hydrogens (tertiary/aromatic N) is 3. The predicted molar refractivity (Wildman–Crippen MR) is 60.1 cm³/mol. The number of halogens is 1. The molecule has 0 amide bonds. The smallest absolute Gasteiger partial charge is 0.294 e. The Labute approximate surface area is 98.7 Å². The Morgan fingerprint density at radius 2 is 2.31 bits per heavy atom. The average Bonchev–Trinajstić information content (AvgIpc) is 2.61. The summed E-state index contributed by atoms with van der Waals surface area (Å²) in [6, 6.07) is 0. The molecule has 0 saturated heterocycles. The standard InChI is InChI=1S/C8H7ClN4O2S/c1-4-2-13(8(15)10-7(4)14)3-5-6(9)16-12-11-5/h2H,3H2,1H3,(H,10,14,15). The van der Waals surface area contributed by atoms with Crippen LogP contribution in [0.1, 0.15) is 11.3 Å².